The van der Waals surface area contributed by atoms with Gasteiger partial charge in [-0.3, -0.25) is 9.69 Å². The van der Waals surface area contributed by atoms with E-state index >= 15 is 0 Å². The van der Waals surface area contributed by atoms with Crippen molar-refractivity contribution in [2.24, 2.45) is 0 Å². The molecule has 1 aromatic carbocycles. The van der Waals surface area contributed by atoms with E-state index in [1.807, 2.05) is 6.92 Å². The van der Waals surface area contributed by atoms with Gasteiger partial charge in [-0.1, -0.05) is 13.0 Å². The molecule has 2 atom stereocenters. The second-order valence-corrected chi connectivity index (χ2v) is 5.20. The number of methoxy groups -OCH3 is 1. The van der Waals surface area contributed by atoms with Crippen molar-refractivity contribution in [2.75, 3.05) is 20.3 Å². The number of nitrogens with zero attached hydrogens (tertiary/aromatic N) is 1. The van der Waals surface area contributed by atoms with Gasteiger partial charge in [-0.05, 0) is 17.7 Å². The van der Waals surface area contributed by atoms with Crippen molar-refractivity contribution >= 4 is 17.8 Å². The Kier molecular flexibility index (Phi) is 3.16. The van der Waals surface area contributed by atoms with Crippen molar-refractivity contribution in [1.82, 2.24) is 4.90 Å². The number of fused-ring (bicyclic) bond motifs is 1. The van der Waals surface area contributed by atoms with E-state index in [2.05, 4.69) is 0 Å². The summed E-state index contributed by atoms with van der Waals surface area (Å²) in [6.07, 6.45) is -0.457. The van der Waals surface area contributed by atoms with E-state index in [0.717, 1.165) is 5.56 Å². The van der Waals surface area contributed by atoms with Gasteiger partial charge in [0.15, 0.2) is 5.78 Å². The van der Waals surface area contributed by atoms with Crippen LogP contribution in [0.25, 0.3) is 0 Å². The van der Waals surface area contributed by atoms with Crippen LogP contribution in [0, 0.1) is 0 Å². The Labute approximate surface area is 121 Å². The molecule has 0 unspecified atom stereocenters. The molecule has 1 saturated heterocycles. The molecule has 2 aliphatic rings. The van der Waals surface area contributed by atoms with E-state index in [0.29, 0.717) is 24.3 Å². The molecule has 0 bridgehead atoms. The predicted octanol–water partition coefficient (Wildman–Crippen LogP) is 1.59. The largest absolute Gasteiger partial charge is 0.465 e. The molecule has 1 aliphatic carbocycles. The first-order valence-electron chi connectivity index (χ1n) is 6.74. The molecule has 110 valence electrons. The van der Waals surface area contributed by atoms with Crippen LogP contribution in [0.3, 0.4) is 0 Å². The number of carbonyl (C=O) groups excluding carboxylic acids is 3. The summed E-state index contributed by atoms with van der Waals surface area (Å²) in [5, 5.41) is 0. The molecule has 0 spiro atoms. The van der Waals surface area contributed by atoms with Gasteiger partial charge in [0.2, 0.25) is 0 Å². The molecule has 1 aromatic rings. The second kappa shape index (κ2) is 4.87. The van der Waals surface area contributed by atoms with Gasteiger partial charge in [-0.2, -0.15) is 0 Å². The van der Waals surface area contributed by atoms with Crippen molar-refractivity contribution in [1.29, 1.82) is 0 Å². The first-order chi connectivity index (χ1) is 10.0. The lowest BCUT2D eigenvalue weighted by Crippen LogP contribution is -2.41. The highest BCUT2D eigenvalue weighted by molar-refractivity contribution is 6.07. The van der Waals surface area contributed by atoms with E-state index in [9.17, 15) is 14.4 Å². The fraction of sp³-hybridized carbons (Fsp3) is 0.400. The van der Waals surface area contributed by atoms with Gasteiger partial charge in [-0.25, -0.2) is 9.59 Å². The topological polar surface area (TPSA) is 72.9 Å². The number of hydrogen-bond donors (Lipinski definition) is 0. The fourth-order valence-electron chi connectivity index (χ4n) is 3.03. The van der Waals surface area contributed by atoms with Gasteiger partial charge >= 0.3 is 12.1 Å². The Bertz CT molecular complexity index is 639. The summed E-state index contributed by atoms with van der Waals surface area (Å²) in [4.78, 5) is 37.3. The van der Waals surface area contributed by atoms with Crippen LogP contribution in [0.5, 0.6) is 0 Å². The van der Waals surface area contributed by atoms with Gasteiger partial charge < -0.3 is 9.47 Å². The Morgan fingerprint density at radius 1 is 1.38 bits per heavy atom. The van der Waals surface area contributed by atoms with Gasteiger partial charge in [0.1, 0.15) is 12.6 Å². The summed E-state index contributed by atoms with van der Waals surface area (Å²) in [5.41, 5.74) is 1.73. The lowest BCUT2D eigenvalue weighted by molar-refractivity contribution is 0.0600. The molecule has 1 fully saturated rings. The average molecular weight is 289 g/mol. The first-order valence-corrected chi connectivity index (χ1v) is 6.74. The molecule has 1 aliphatic heterocycles. The summed E-state index contributed by atoms with van der Waals surface area (Å²) in [6, 6.07) is 4.32. The molecule has 6 heteroatoms. The Hall–Kier alpha value is -2.37. The average Bonchev–Trinajstić information content (AvgIpc) is 3.01. The quantitative estimate of drug-likeness (QED) is 0.773. The van der Waals surface area contributed by atoms with Crippen molar-refractivity contribution < 1.29 is 23.9 Å². The zero-order chi connectivity index (χ0) is 15.1. The molecule has 1 amide bonds. The van der Waals surface area contributed by atoms with E-state index in [4.69, 9.17) is 9.47 Å². The number of Topliss-reactive ketones (excluding diaryl/α,β-unsaturated/α-hetero) is 1. The molecule has 0 saturated carbocycles. The van der Waals surface area contributed by atoms with Crippen molar-refractivity contribution in [3.63, 3.8) is 0 Å². The SMILES string of the molecule is COC(=O)c1ccc2c(c1)[C@@H](C)[C@H](N1CCOC1=O)C2=O. The Morgan fingerprint density at radius 2 is 2.14 bits per heavy atom. The highest BCUT2D eigenvalue weighted by Crippen LogP contribution is 2.37. The minimum Gasteiger partial charge on any atom is -0.465 e. The van der Waals surface area contributed by atoms with Gasteiger partial charge in [0.25, 0.3) is 0 Å². The maximum absolute atomic E-state index is 12.5. The summed E-state index contributed by atoms with van der Waals surface area (Å²) < 4.78 is 9.61. The van der Waals surface area contributed by atoms with E-state index in [1.54, 1.807) is 18.2 Å². The Morgan fingerprint density at radius 3 is 2.76 bits per heavy atom. The molecule has 1 heterocycles. The maximum Gasteiger partial charge on any atom is 0.410 e. The number of benzene rings is 1. The third kappa shape index (κ3) is 1.98. The number of ether oxygens (including phenoxy) is 2. The summed E-state index contributed by atoms with van der Waals surface area (Å²) >= 11 is 0. The van der Waals surface area contributed by atoms with Crippen LogP contribution >= 0.6 is 0 Å². The fourth-order valence-corrected chi connectivity index (χ4v) is 3.03. The van der Waals surface area contributed by atoms with Crippen molar-refractivity contribution in [2.45, 2.75) is 18.9 Å². The zero-order valence-electron chi connectivity index (χ0n) is 11.8. The van der Waals surface area contributed by atoms with Crippen LogP contribution in [0.4, 0.5) is 4.79 Å². The number of ketones is 1. The number of cyclic esters (lactones) is 1. The van der Waals surface area contributed by atoms with Crippen molar-refractivity contribution in [3.8, 4) is 0 Å². The van der Waals surface area contributed by atoms with Crippen LogP contribution in [0.1, 0.15) is 39.1 Å². The lowest BCUT2D eigenvalue weighted by atomic mass is 9.98. The van der Waals surface area contributed by atoms with Crippen molar-refractivity contribution in [3.05, 3.63) is 34.9 Å². The van der Waals surface area contributed by atoms with E-state index < -0.39 is 18.1 Å². The molecule has 0 radical (unpaired) electrons. The highest BCUT2D eigenvalue weighted by Gasteiger charge is 2.44. The number of esters is 1. The summed E-state index contributed by atoms with van der Waals surface area (Å²) in [5.74, 6) is -0.725. The molecule has 6 nitrogen and oxygen atoms in total. The molecule has 21 heavy (non-hydrogen) atoms. The van der Waals surface area contributed by atoms with Crippen LogP contribution in [-0.2, 0) is 9.47 Å². The second-order valence-electron chi connectivity index (χ2n) is 5.20. The van der Waals surface area contributed by atoms with Gasteiger partial charge in [0.05, 0.1) is 19.2 Å². The number of carbonyl (C=O) groups is 3. The van der Waals surface area contributed by atoms with E-state index in [1.165, 1.54) is 12.0 Å². The predicted molar refractivity (Wildman–Crippen MR) is 72.4 cm³/mol. The summed E-state index contributed by atoms with van der Waals surface area (Å²) in [7, 11) is 1.31. The van der Waals surface area contributed by atoms with Crippen LogP contribution < -0.4 is 0 Å². The van der Waals surface area contributed by atoms with Crippen LogP contribution in [0.2, 0.25) is 0 Å². The molecular weight excluding hydrogens is 274 g/mol. The summed E-state index contributed by atoms with van der Waals surface area (Å²) in [6.45, 7) is 2.59. The third-order valence-electron chi connectivity index (χ3n) is 4.10. The minimum absolute atomic E-state index is 0.104. The number of rotatable bonds is 2. The molecule has 0 aromatic heterocycles. The monoisotopic (exact) mass is 289 g/mol. The first kappa shape index (κ1) is 13.6. The normalized spacial score (nSPS) is 24.0. The van der Waals surface area contributed by atoms with Gasteiger partial charge in [-0.15, -0.1) is 0 Å². The molecular formula is C15H15NO5. The van der Waals surface area contributed by atoms with E-state index in [-0.39, 0.29) is 11.7 Å². The van der Waals surface area contributed by atoms with Crippen LogP contribution in [-0.4, -0.2) is 49.0 Å². The molecule has 0 N–H and O–H groups in total. The van der Waals surface area contributed by atoms with Gasteiger partial charge in [0, 0.05) is 11.5 Å². The number of amides is 1. The van der Waals surface area contributed by atoms with Crippen LogP contribution in [0.15, 0.2) is 18.2 Å². The minimum atomic E-state index is -0.553. The smallest absolute Gasteiger partial charge is 0.410 e. The third-order valence-corrected chi connectivity index (χ3v) is 4.10. The number of hydrogen-bond acceptors (Lipinski definition) is 5. The zero-order valence-corrected chi connectivity index (χ0v) is 11.8. The molecule has 3 rings (SSSR count). The maximum atomic E-state index is 12.5. The highest BCUT2D eigenvalue weighted by atomic mass is 16.6. The standard InChI is InChI=1S/C15H15NO5/c1-8-11-7-9(14(18)20-2)3-4-10(11)13(17)12(8)16-5-6-21-15(16)19/h3-4,7-8,12H,5-6H2,1-2H3/t8-,12+/m1/s1. The Balaban J connectivity index is 1.98. The lowest BCUT2D eigenvalue weighted by Gasteiger charge is -2.23.